The molecule has 0 amide bonds. The molecule has 0 aliphatic heterocycles. The Morgan fingerprint density at radius 1 is 1.31 bits per heavy atom. The van der Waals surface area contributed by atoms with Crippen molar-refractivity contribution in [3.8, 4) is 0 Å². The van der Waals surface area contributed by atoms with Crippen molar-refractivity contribution < 1.29 is 14.6 Å². The molecular formula is C10H16O3. The summed E-state index contributed by atoms with van der Waals surface area (Å²) >= 11 is 0. The van der Waals surface area contributed by atoms with E-state index >= 15 is 0 Å². The minimum Gasteiger partial charge on any atom is -0.481 e. The van der Waals surface area contributed by atoms with Crippen molar-refractivity contribution in [1.29, 1.82) is 0 Å². The van der Waals surface area contributed by atoms with Crippen LogP contribution < -0.4 is 0 Å². The van der Waals surface area contributed by atoms with Crippen LogP contribution in [0.15, 0.2) is 0 Å². The SMILES string of the molecule is CO[C@@H]1C[C@H]2CC[C@H]1C[C@H]2C(=O)O. The van der Waals surface area contributed by atoms with E-state index in [1.807, 2.05) is 0 Å². The number of carboxylic acids is 1. The van der Waals surface area contributed by atoms with Gasteiger partial charge in [-0.3, -0.25) is 4.79 Å². The molecule has 0 aromatic carbocycles. The standard InChI is InChI=1S/C10H16O3/c1-13-9-5-6-2-3-7(9)4-8(6)10(11)12/h6-9H,2-5H2,1H3,(H,11,12)/t6-,7+,8-,9-/m1/s1. The maximum absolute atomic E-state index is 10.9. The van der Waals surface area contributed by atoms with Gasteiger partial charge >= 0.3 is 5.97 Å². The first-order valence-electron chi connectivity index (χ1n) is 4.98. The number of carbonyl (C=O) groups is 1. The smallest absolute Gasteiger partial charge is 0.306 e. The zero-order chi connectivity index (χ0) is 9.42. The Balaban J connectivity index is 2.07. The summed E-state index contributed by atoms with van der Waals surface area (Å²) in [4.78, 5) is 10.9. The van der Waals surface area contributed by atoms with Gasteiger partial charge in [-0.25, -0.2) is 0 Å². The van der Waals surface area contributed by atoms with Gasteiger partial charge in [0.15, 0.2) is 0 Å². The fourth-order valence-electron chi connectivity index (χ4n) is 2.97. The van der Waals surface area contributed by atoms with Gasteiger partial charge in [0, 0.05) is 7.11 Å². The zero-order valence-corrected chi connectivity index (χ0v) is 7.90. The summed E-state index contributed by atoms with van der Waals surface area (Å²) in [7, 11) is 1.74. The van der Waals surface area contributed by atoms with Crippen LogP contribution in [0.1, 0.15) is 25.7 Å². The van der Waals surface area contributed by atoms with Gasteiger partial charge in [0.1, 0.15) is 0 Å². The van der Waals surface area contributed by atoms with Crippen molar-refractivity contribution in [3.05, 3.63) is 0 Å². The monoisotopic (exact) mass is 184 g/mol. The Kier molecular flexibility index (Phi) is 2.28. The van der Waals surface area contributed by atoms with Crippen LogP contribution in [0.25, 0.3) is 0 Å². The Morgan fingerprint density at radius 3 is 2.46 bits per heavy atom. The number of carboxylic acid groups (broad SMARTS) is 1. The van der Waals surface area contributed by atoms with Crippen molar-refractivity contribution in [3.63, 3.8) is 0 Å². The predicted molar refractivity (Wildman–Crippen MR) is 47.4 cm³/mol. The van der Waals surface area contributed by atoms with Gasteiger partial charge in [-0.15, -0.1) is 0 Å². The first-order chi connectivity index (χ1) is 6.22. The van der Waals surface area contributed by atoms with E-state index in [2.05, 4.69) is 0 Å². The summed E-state index contributed by atoms with van der Waals surface area (Å²) in [5.74, 6) is 0.165. The lowest BCUT2D eigenvalue weighted by molar-refractivity contribution is -0.152. The fraction of sp³-hybridized carbons (Fsp3) is 0.900. The van der Waals surface area contributed by atoms with Crippen molar-refractivity contribution >= 4 is 5.97 Å². The fourth-order valence-corrected chi connectivity index (χ4v) is 2.97. The minimum atomic E-state index is -0.607. The molecule has 3 heteroatoms. The Hall–Kier alpha value is -0.570. The topological polar surface area (TPSA) is 46.5 Å². The average molecular weight is 184 g/mol. The van der Waals surface area contributed by atoms with Gasteiger partial charge in [0.2, 0.25) is 0 Å². The second-order valence-corrected chi connectivity index (χ2v) is 4.29. The van der Waals surface area contributed by atoms with Crippen LogP contribution >= 0.6 is 0 Å². The van der Waals surface area contributed by atoms with Gasteiger partial charge < -0.3 is 9.84 Å². The molecule has 0 aromatic rings. The summed E-state index contributed by atoms with van der Waals surface area (Å²) in [5.41, 5.74) is 0. The molecule has 0 aromatic heterocycles. The van der Waals surface area contributed by atoms with Gasteiger partial charge in [-0.1, -0.05) is 0 Å². The predicted octanol–water partition coefficient (Wildman–Crippen LogP) is 1.52. The molecule has 3 rings (SSSR count). The molecule has 3 aliphatic rings. The lowest BCUT2D eigenvalue weighted by Gasteiger charge is -2.44. The molecule has 3 aliphatic carbocycles. The normalized spacial score (nSPS) is 43.5. The number of methoxy groups -OCH3 is 1. The molecule has 1 N–H and O–H groups in total. The van der Waals surface area contributed by atoms with Crippen LogP contribution in [0.3, 0.4) is 0 Å². The number of aliphatic carboxylic acids is 1. The summed E-state index contributed by atoms with van der Waals surface area (Å²) in [6, 6.07) is 0. The van der Waals surface area contributed by atoms with E-state index in [0.29, 0.717) is 17.9 Å². The third kappa shape index (κ3) is 1.46. The molecule has 3 fully saturated rings. The van der Waals surface area contributed by atoms with Gasteiger partial charge in [0.05, 0.1) is 12.0 Å². The number of ether oxygens (including phenoxy) is 1. The minimum absolute atomic E-state index is 0.0925. The zero-order valence-electron chi connectivity index (χ0n) is 7.90. The van der Waals surface area contributed by atoms with Gasteiger partial charge in [0.25, 0.3) is 0 Å². The quantitative estimate of drug-likeness (QED) is 0.707. The molecular weight excluding hydrogens is 168 g/mol. The maximum Gasteiger partial charge on any atom is 0.306 e. The van der Waals surface area contributed by atoms with Crippen LogP contribution in [0.5, 0.6) is 0 Å². The van der Waals surface area contributed by atoms with Gasteiger partial charge in [-0.2, -0.15) is 0 Å². The van der Waals surface area contributed by atoms with Crippen LogP contribution in [-0.4, -0.2) is 24.3 Å². The lowest BCUT2D eigenvalue weighted by Crippen LogP contribution is -2.44. The Labute approximate surface area is 78.1 Å². The summed E-state index contributed by atoms with van der Waals surface area (Å²) in [5, 5.41) is 8.98. The van der Waals surface area contributed by atoms with E-state index in [1.165, 1.54) is 0 Å². The third-order valence-electron chi connectivity index (χ3n) is 3.71. The lowest BCUT2D eigenvalue weighted by atomic mass is 9.63. The van der Waals surface area contributed by atoms with Crippen molar-refractivity contribution in [1.82, 2.24) is 0 Å². The first kappa shape index (κ1) is 9.00. The largest absolute Gasteiger partial charge is 0.481 e. The average Bonchev–Trinajstić information content (AvgIpc) is 2.18. The molecule has 4 atom stereocenters. The number of hydrogen-bond acceptors (Lipinski definition) is 2. The van der Waals surface area contributed by atoms with Crippen LogP contribution in [-0.2, 0) is 9.53 Å². The third-order valence-corrected chi connectivity index (χ3v) is 3.71. The summed E-state index contributed by atoms with van der Waals surface area (Å²) < 4.78 is 5.36. The van der Waals surface area contributed by atoms with Gasteiger partial charge in [-0.05, 0) is 37.5 Å². The summed E-state index contributed by atoms with van der Waals surface area (Å²) in [6.45, 7) is 0. The molecule has 0 radical (unpaired) electrons. The summed E-state index contributed by atoms with van der Waals surface area (Å²) in [6.07, 6.45) is 4.36. The van der Waals surface area contributed by atoms with Crippen LogP contribution in [0.4, 0.5) is 0 Å². The van der Waals surface area contributed by atoms with Crippen molar-refractivity contribution in [2.45, 2.75) is 31.8 Å². The van der Waals surface area contributed by atoms with Crippen LogP contribution in [0.2, 0.25) is 0 Å². The Morgan fingerprint density at radius 2 is 2.00 bits per heavy atom. The highest BCUT2D eigenvalue weighted by atomic mass is 16.5. The van der Waals surface area contributed by atoms with Crippen LogP contribution in [0, 0.1) is 17.8 Å². The van der Waals surface area contributed by atoms with Crippen molar-refractivity contribution in [2.24, 2.45) is 17.8 Å². The van der Waals surface area contributed by atoms with E-state index in [0.717, 1.165) is 25.7 Å². The molecule has 0 heterocycles. The van der Waals surface area contributed by atoms with E-state index in [4.69, 9.17) is 9.84 Å². The second-order valence-electron chi connectivity index (χ2n) is 4.29. The first-order valence-corrected chi connectivity index (χ1v) is 4.98. The van der Waals surface area contributed by atoms with E-state index in [-0.39, 0.29) is 5.92 Å². The highest BCUT2D eigenvalue weighted by Gasteiger charge is 2.44. The molecule has 0 unspecified atom stereocenters. The molecule has 3 saturated carbocycles. The highest BCUT2D eigenvalue weighted by Crippen LogP contribution is 2.46. The molecule has 0 spiro atoms. The van der Waals surface area contributed by atoms with Crippen molar-refractivity contribution in [2.75, 3.05) is 7.11 Å². The molecule has 13 heavy (non-hydrogen) atoms. The van der Waals surface area contributed by atoms with E-state index in [9.17, 15) is 4.79 Å². The number of hydrogen-bond donors (Lipinski definition) is 1. The Bertz CT molecular complexity index is 214. The second kappa shape index (κ2) is 3.29. The number of rotatable bonds is 2. The molecule has 0 saturated heterocycles. The molecule has 74 valence electrons. The highest BCUT2D eigenvalue weighted by molar-refractivity contribution is 5.70. The maximum atomic E-state index is 10.9. The number of fused-ring (bicyclic) bond motifs is 3. The van der Waals surface area contributed by atoms with E-state index < -0.39 is 5.97 Å². The molecule has 2 bridgehead atoms. The van der Waals surface area contributed by atoms with E-state index in [1.54, 1.807) is 7.11 Å². The molecule has 3 nitrogen and oxygen atoms in total.